The van der Waals surface area contributed by atoms with Crippen molar-refractivity contribution in [2.75, 3.05) is 6.61 Å². The lowest BCUT2D eigenvalue weighted by molar-refractivity contribution is -0.0817. The van der Waals surface area contributed by atoms with Crippen LogP contribution in [0.3, 0.4) is 0 Å². The van der Waals surface area contributed by atoms with E-state index < -0.39 is 0 Å². The van der Waals surface area contributed by atoms with Crippen LogP contribution in [0.5, 0.6) is 0 Å². The molecule has 2 heteroatoms. The number of ether oxygens (including phenoxy) is 1. The van der Waals surface area contributed by atoms with Crippen LogP contribution in [-0.4, -0.2) is 18.2 Å². The summed E-state index contributed by atoms with van der Waals surface area (Å²) in [6, 6.07) is 10.6. The van der Waals surface area contributed by atoms with E-state index in [9.17, 15) is 0 Å². The van der Waals surface area contributed by atoms with Gasteiger partial charge in [0.05, 0.1) is 5.60 Å². The third-order valence-electron chi connectivity index (χ3n) is 4.11. The fourth-order valence-electron chi connectivity index (χ4n) is 3.11. The molecule has 1 fully saturated rings. The Balaban J connectivity index is 2.05. The maximum absolute atomic E-state index is 6.48. The van der Waals surface area contributed by atoms with Gasteiger partial charge in [-0.1, -0.05) is 49.6 Å². The van der Waals surface area contributed by atoms with Crippen LogP contribution in [0.1, 0.15) is 44.6 Å². The van der Waals surface area contributed by atoms with E-state index in [1.165, 1.54) is 24.8 Å². The van der Waals surface area contributed by atoms with Gasteiger partial charge in [-0.05, 0) is 31.7 Å². The molecule has 2 N–H and O–H groups in total. The highest BCUT2D eigenvalue weighted by atomic mass is 16.5. The topological polar surface area (TPSA) is 35.2 Å². The van der Waals surface area contributed by atoms with Crippen LogP contribution in [-0.2, 0) is 11.2 Å². The van der Waals surface area contributed by atoms with Gasteiger partial charge in [-0.2, -0.15) is 0 Å². The number of hydrogen-bond donors (Lipinski definition) is 1. The van der Waals surface area contributed by atoms with Gasteiger partial charge in [0.15, 0.2) is 0 Å². The van der Waals surface area contributed by atoms with Crippen molar-refractivity contribution < 1.29 is 4.74 Å². The van der Waals surface area contributed by atoms with Crippen molar-refractivity contribution in [1.82, 2.24) is 0 Å². The summed E-state index contributed by atoms with van der Waals surface area (Å²) in [5.74, 6) is 0. The van der Waals surface area contributed by atoms with Crippen LogP contribution in [0.4, 0.5) is 0 Å². The highest BCUT2D eigenvalue weighted by molar-refractivity contribution is 5.17. The Morgan fingerprint density at radius 3 is 2.44 bits per heavy atom. The zero-order valence-corrected chi connectivity index (χ0v) is 11.4. The van der Waals surface area contributed by atoms with Gasteiger partial charge >= 0.3 is 0 Å². The van der Waals surface area contributed by atoms with E-state index in [1.807, 2.05) is 6.07 Å². The number of hydrogen-bond acceptors (Lipinski definition) is 2. The molecule has 0 aromatic heterocycles. The zero-order chi connectivity index (χ0) is 12.8. The Bertz CT molecular complexity index is 338. The molecule has 1 unspecified atom stereocenters. The Hall–Kier alpha value is -0.860. The number of nitrogens with two attached hydrogens (primary N) is 1. The third-order valence-corrected chi connectivity index (χ3v) is 4.11. The molecular weight excluding hydrogens is 222 g/mol. The highest BCUT2D eigenvalue weighted by Crippen LogP contribution is 2.34. The maximum atomic E-state index is 6.48. The highest BCUT2D eigenvalue weighted by Gasteiger charge is 2.38. The van der Waals surface area contributed by atoms with E-state index in [2.05, 4.69) is 31.2 Å². The second kappa shape index (κ2) is 6.35. The summed E-state index contributed by atoms with van der Waals surface area (Å²) in [4.78, 5) is 0. The van der Waals surface area contributed by atoms with E-state index >= 15 is 0 Å². The lowest BCUT2D eigenvalue weighted by Crippen LogP contribution is -2.52. The third kappa shape index (κ3) is 3.12. The molecule has 0 bridgehead atoms. The summed E-state index contributed by atoms with van der Waals surface area (Å²) in [6.45, 7) is 2.84. The lowest BCUT2D eigenvalue weighted by atomic mass is 9.77. The predicted octanol–water partition coefficient (Wildman–Crippen LogP) is 3.30. The first-order valence-electron chi connectivity index (χ1n) is 7.20. The molecule has 0 aliphatic heterocycles. The molecule has 1 aromatic carbocycles. The minimum atomic E-state index is -0.0805. The molecule has 100 valence electrons. The predicted molar refractivity (Wildman–Crippen MR) is 75.6 cm³/mol. The molecule has 0 radical (unpaired) electrons. The molecule has 2 nitrogen and oxygen atoms in total. The summed E-state index contributed by atoms with van der Waals surface area (Å²) >= 11 is 0. The van der Waals surface area contributed by atoms with Crippen LogP contribution in [0.15, 0.2) is 30.3 Å². The Labute approximate surface area is 111 Å². The van der Waals surface area contributed by atoms with Crippen molar-refractivity contribution >= 4 is 0 Å². The van der Waals surface area contributed by atoms with E-state index in [0.29, 0.717) is 0 Å². The second-order valence-corrected chi connectivity index (χ2v) is 5.35. The first-order chi connectivity index (χ1) is 8.77. The Morgan fingerprint density at radius 2 is 1.83 bits per heavy atom. The SMILES string of the molecule is CCOC1(C(N)Cc2ccccc2)CCCCC1. The molecule has 1 aliphatic carbocycles. The van der Waals surface area contributed by atoms with Crippen LogP contribution >= 0.6 is 0 Å². The van der Waals surface area contributed by atoms with Crippen LogP contribution < -0.4 is 5.73 Å². The summed E-state index contributed by atoms with van der Waals surface area (Å²) in [5.41, 5.74) is 7.71. The van der Waals surface area contributed by atoms with Gasteiger partial charge < -0.3 is 10.5 Å². The van der Waals surface area contributed by atoms with Gasteiger partial charge in [0.1, 0.15) is 0 Å². The fraction of sp³-hybridized carbons (Fsp3) is 0.625. The number of rotatable bonds is 5. The minimum absolute atomic E-state index is 0.0805. The molecule has 0 spiro atoms. The molecule has 0 amide bonds. The first-order valence-corrected chi connectivity index (χ1v) is 7.20. The first kappa shape index (κ1) is 13.6. The standard InChI is InChI=1S/C16H25NO/c1-2-18-16(11-7-4-8-12-16)15(17)13-14-9-5-3-6-10-14/h3,5-6,9-10,15H,2,4,7-8,11-13,17H2,1H3. The quantitative estimate of drug-likeness (QED) is 0.866. The largest absolute Gasteiger partial charge is 0.374 e. The second-order valence-electron chi connectivity index (χ2n) is 5.35. The molecule has 18 heavy (non-hydrogen) atoms. The monoisotopic (exact) mass is 247 g/mol. The summed E-state index contributed by atoms with van der Waals surface area (Å²) in [7, 11) is 0. The molecule has 1 saturated carbocycles. The van der Waals surface area contributed by atoms with Crippen molar-refractivity contribution in [2.24, 2.45) is 5.73 Å². The molecule has 2 rings (SSSR count). The Morgan fingerprint density at radius 1 is 1.17 bits per heavy atom. The van der Waals surface area contributed by atoms with Crippen LogP contribution in [0.25, 0.3) is 0 Å². The molecule has 0 heterocycles. The molecule has 1 atom stereocenters. The maximum Gasteiger partial charge on any atom is 0.0835 e. The summed E-state index contributed by atoms with van der Waals surface area (Å²) < 4.78 is 6.08. The van der Waals surface area contributed by atoms with Crippen molar-refractivity contribution in [2.45, 2.75) is 57.1 Å². The van der Waals surface area contributed by atoms with Gasteiger partial charge in [-0.15, -0.1) is 0 Å². The van der Waals surface area contributed by atoms with E-state index in [1.54, 1.807) is 0 Å². The van der Waals surface area contributed by atoms with Crippen LogP contribution in [0, 0.1) is 0 Å². The molecular formula is C16H25NO. The van der Waals surface area contributed by atoms with Gasteiger partial charge in [-0.25, -0.2) is 0 Å². The minimum Gasteiger partial charge on any atom is -0.374 e. The van der Waals surface area contributed by atoms with Crippen LogP contribution in [0.2, 0.25) is 0 Å². The Kier molecular flexibility index (Phi) is 4.79. The number of benzene rings is 1. The average molecular weight is 247 g/mol. The lowest BCUT2D eigenvalue weighted by Gasteiger charge is -2.41. The van der Waals surface area contributed by atoms with Crippen molar-refractivity contribution in [1.29, 1.82) is 0 Å². The zero-order valence-electron chi connectivity index (χ0n) is 11.4. The summed E-state index contributed by atoms with van der Waals surface area (Å²) in [5, 5.41) is 0. The van der Waals surface area contributed by atoms with E-state index in [4.69, 9.17) is 10.5 Å². The van der Waals surface area contributed by atoms with Gasteiger partial charge in [0.25, 0.3) is 0 Å². The van der Waals surface area contributed by atoms with Crippen molar-refractivity contribution in [3.8, 4) is 0 Å². The normalized spacial score (nSPS) is 20.6. The van der Waals surface area contributed by atoms with E-state index in [0.717, 1.165) is 25.9 Å². The van der Waals surface area contributed by atoms with E-state index in [-0.39, 0.29) is 11.6 Å². The molecule has 1 aromatic rings. The van der Waals surface area contributed by atoms with Gasteiger partial charge in [0.2, 0.25) is 0 Å². The van der Waals surface area contributed by atoms with Gasteiger partial charge in [-0.3, -0.25) is 0 Å². The fourth-order valence-corrected chi connectivity index (χ4v) is 3.11. The molecule has 1 aliphatic rings. The average Bonchev–Trinajstić information content (AvgIpc) is 2.41. The van der Waals surface area contributed by atoms with Crippen molar-refractivity contribution in [3.05, 3.63) is 35.9 Å². The van der Waals surface area contributed by atoms with Gasteiger partial charge in [0, 0.05) is 12.6 Å². The smallest absolute Gasteiger partial charge is 0.0835 e. The summed E-state index contributed by atoms with van der Waals surface area (Å²) in [6.07, 6.45) is 6.99. The molecule has 0 saturated heterocycles. The van der Waals surface area contributed by atoms with Crippen molar-refractivity contribution in [3.63, 3.8) is 0 Å².